The summed E-state index contributed by atoms with van der Waals surface area (Å²) in [5.74, 6) is 1.71. The van der Waals surface area contributed by atoms with E-state index in [0.29, 0.717) is 11.4 Å². The first-order chi connectivity index (χ1) is 13.3. The van der Waals surface area contributed by atoms with Gasteiger partial charge in [-0.05, 0) is 47.5 Å². The molecule has 0 atom stereocenters. The third kappa shape index (κ3) is 4.38. The van der Waals surface area contributed by atoms with Gasteiger partial charge in [-0.1, -0.05) is 53.7 Å². The van der Waals surface area contributed by atoms with E-state index in [-0.39, 0.29) is 0 Å². The molecule has 27 heavy (non-hydrogen) atoms. The zero-order chi connectivity index (χ0) is 18.5. The number of halogens is 1. The van der Waals surface area contributed by atoms with Crippen molar-refractivity contribution in [1.29, 1.82) is 0 Å². The van der Waals surface area contributed by atoms with Crippen LogP contribution in [0.3, 0.4) is 0 Å². The number of aromatic nitrogens is 4. The Morgan fingerprint density at radius 2 is 1.56 bits per heavy atom. The first-order valence-corrected chi connectivity index (χ1v) is 9.92. The van der Waals surface area contributed by atoms with E-state index in [4.69, 9.17) is 11.6 Å². The van der Waals surface area contributed by atoms with Crippen LogP contribution in [0.15, 0.2) is 84.3 Å². The molecule has 0 saturated heterocycles. The van der Waals surface area contributed by atoms with Crippen molar-refractivity contribution in [2.24, 2.45) is 0 Å². The normalized spacial score (nSPS) is 10.9. The summed E-state index contributed by atoms with van der Waals surface area (Å²) in [6.45, 7) is 0. The van der Waals surface area contributed by atoms with Crippen LogP contribution in [-0.2, 0) is 12.2 Å². The van der Waals surface area contributed by atoms with E-state index in [9.17, 15) is 0 Å². The minimum atomic E-state index is 0.711. The Labute approximate surface area is 167 Å². The summed E-state index contributed by atoms with van der Waals surface area (Å²) in [6.07, 6.45) is 4.33. The maximum atomic E-state index is 6.07. The summed E-state index contributed by atoms with van der Waals surface area (Å²) in [5, 5.41) is 10.5. The highest BCUT2D eigenvalue weighted by molar-refractivity contribution is 7.98. The lowest BCUT2D eigenvalue weighted by Gasteiger charge is -2.10. The van der Waals surface area contributed by atoms with Gasteiger partial charge >= 0.3 is 0 Å². The number of benzene rings is 2. The number of thioether (sulfide) groups is 1. The van der Waals surface area contributed by atoms with Crippen molar-refractivity contribution >= 4 is 23.4 Å². The molecule has 0 saturated carbocycles. The summed E-state index contributed by atoms with van der Waals surface area (Å²) in [4.78, 5) is 4.07. The lowest BCUT2D eigenvalue weighted by molar-refractivity contribution is 0.847. The van der Waals surface area contributed by atoms with E-state index in [2.05, 4.69) is 31.9 Å². The van der Waals surface area contributed by atoms with Crippen LogP contribution in [-0.4, -0.2) is 19.7 Å². The summed E-state index contributed by atoms with van der Waals surface area (Å²) in [7, 11) is 0. The minimum Gasteiger partial charge on any atom is -0.274 e. The number of rotatable bonds is 6. The standard InChI is InChI=1S/C21H17ClN4S/c22-18-6-8-19(9-7-18)26-20(14-16-4-2-1-3-5-16)24-25-21(26)27-15-17-10-12-23-13-11-17/h1-13H,14-15H2. The average Bonchev–Trinajstić information content (AvgIpc) is 3.11. The van der Waals surface area contributed by atoms with Crippen LogP contribution in [0.4, 0.5) is 0 Å². The summed E-state index contributed by atoms with van der Waals surface area (Å²) in [5.41, 5.74) is 3.41. The van der Waals surface area contributed by atoms with E-state index in [1.807, 2.05) is 54.6 Å². The van der Waals surface area contributed by atoms with Crippen LogP contribution in [0, 0.1) is 0 Å². The monoisotopic (exact) mass is 392 g/mol. The fraction of sp³-hybridized carbons (Fsp3) is 0.0952. The predicted molar refractivity (Wildman–Crippen MR) is 109 cm³/mol. The van der Waals surface area contributed by atoms with Gasteiger partial charge in [0, 0.05) is 35.3 Å². The topological polar surface area (TPSA) is 43.6 Å². The highest BCUT2D eigenvalue weighted by Gasteiger charge is 2.15. The Morgan fingerprint density at radius 1 is 0.815 bits per heavy atom. The summed E-state index contributed by atoms with van der Waals surface area (Å²) < 4.78 is 2.11. The molecule has 134 valence electrons. The number of hydrogen-bond donors (Lipinski definition) is 0. The van der Waals surface area contributed by atoms with Gasteiger partial charge in [0.05, 0.1) is 0 Å². The van der Waals surface area contributed by atoms with Crippen molar-refractivity contribution in [2.75, 3.05) is 0 Å². The molecule has 0 radical (unpaired) electrons. The second kappa shape index (κ2) is 8.37. The van der Waals surface area contributed by atoms with Crippen molar-refractivity contribution in [3.63, 3.8) is 0 Å². The van der Waals surface area contributed by atoms with Gasteiger partial charge in [0.2, 0.25) is 0 Å². The maximum absolute atomic E-state index is 6.07. The van der Waals surface area contributed by atoms with Crippen LogP contribution in [0.5, 0.6) is 0 Å². The molecule has 4 rings (SSSR count). The number of nitrogens with zero attached hydrogens (tertiary/aromatic N) is 4. The average molecular weight is 393 g/mol. The second-order valence-corrected chi connectivity index (χ2v) is 7.40. The molecule has 4 nitrogen and oxygen atoms in total. The number of hydrogen-bond acceptors (Lipinski definition) is 4. The van der Waals surface area contributed by atoms with E-state index < -0.39 is 0 Å². The van der Waals surface area contributed by atoms with Gasteiger partial charge in [0.15, 0.2) is 5.16 Å². The minimum absolute atomic E-state index is 0.711. The largest absolute Gasteiger partial charge is 0.274 e. The summed E-state index contributed by atoms with van der Waals surface area (Å²) >= 11 is 7.73. The molecule has 0 aliphatic heterocycles. The lowest BCUT2D eigenvalue weighted by atomic mass is 10.1. The Hall–Kier alpha value is -2.63. The molecule has 0 amide bonds. The SMILES string of the molecule is Clc1ccc(-n2c(Cc3ccccc3)nnc2SCc2ccncc2)cc1. The van der Waals surface area contributed by atoms with Gasteiger partial charge in [-0.3, -0.25) is 9.55 Å². The highest BCUT2D eigenvalue weighted by atomic mass is 35.5. The molecular weight excluding hydrogens is 376 g/mol. The van der Waals surface area contributed by atoms with Crippen LogP contribution < -0.4 is 0 Å². The van der Waals surface area contributed by atoms with Gasteiger partial charge in [0.25, 0.3) is 0 Å². The Kier molecular flexibility index (Phi) is 5.51. The van der Waals surface area contributed by atoms with Gasteiger partial charge in [0.1, 0.15) is 5.82 Å². The molecule has 2 aromatic carbocycles. The molecule has 0 bridgehead atoms. The molecule has 0 aliphatic rings. The Bertz CT molecular complexity index is 1000. The van der Waals surface area contributed by atoms with Crippen molar-refractivity contribution in [1.82, 2.24) is 19.7 Å². The van der Waals surface area contributed by atoms with Crippen molar-refractivity contribution in [3.8, 4) is 5.69 Å². The van der Waals surface area contributed by atoms with Crippen molar-refractivity contribution in [2.45, 2.75) is 17.3 Å². The van der Waals surface area contributed by atoms with E-state index in [0.717, 1.165) is 22.4 Å². The molecule has 2 aromatic heterocycles. The molecule has 0 aliphatic carbocycles. The fourth-order valence-electron chi connectivity index (χ4n) is 2.76. The van der Waals surface area contributed by atoms with Crippen LogP contribution in [0.1, 0.15) is 17.0 Å². The second-order valence-electron chi connectivity index (χ2n) is 6.02. The Morgan fingerprint density at radius 3 is 2.30 bits per heavy atom. The predicted octanol–water partition coefficient (Wildman–Crippen LogP) is 5.20. The third-order valence-corrected chi connectivity index (χ3v) is 5.36. The Balaban J connectivity index is 1.66. The number of pyridine rings is 1. The van der Waals surface area contributed by atoms with Crippen LogP contribution in [0.25, 0.3) is 5.69 Å². The van der Waals surface area contributed by atoms with Gasteiger partial charge < -0.3 is 0 Å². The fourth-order valence-corrected chi connectivity index (χ4v) is 3.82. The quantitative estimate of drug-likeness (QED) is 0.423. The first-order valence-electron chi connectivity index (χ1n) is 8.55. The zero-order valence-corrected chi connectivity index (χ0v) is 16.1. The van der Waals surface area contributed by atoms with Crippen LogP contribution >= 0.6 is 23.4 Å². The third-order valence-electron chi connectivity index (χ3n) is 4.11. The van der Waals surface area contributed by atoms with Gasteiger partial charge in [-0.15, -0.1) is 10.2 Å². The van der Waals surface area contributed by atoms with E-state index in [1.165, 1.54) is 11.1 Å². The maximum Gasteiger partial charge on any atom is 0.196 e. The van der Waals surface area contributed by atoms with Gasteiger partial charge in [-0.2, -0.15) is 0 Å². The van der Waals surface area contributed by atoms with E-state index in [1.54, 1.807) is 24.2 Å². The van der Waals surface area contributed by atoms with Crippen LogP contribution in [0.2, 0.25) is 5.02 Å². The molecule has 6 heteroatoms. The highest BCUT2D eigenvalue weighted by Crippen LogP contribution is 2.26. The molecule has 0 unspecified atom stereocenters. The molecule has 4 aromatic rings. The molecule has 2 heterocycles. The lowest BCUT2D eigenvalue weighted by Crippen LogP contribution is -2.03. The first kappa shape index (κ1) is 17.8. The molecule has 0 N–H and O–H groups in total. The zero-order valence-electron chi connectivity index (χ0n) is 14.5. The van der Waals surface area contributed by atoms with Crippen molar-refractivity contribution < 1.29 is 0 Å². The molecule has 0 spiro atoms. The van der Waals surface area contributed by atoms with Crippen molar-refractivity contribution in [3.05, 3.63) is 101 Å². The smallest absolute Gasteiger partial charge is 0.196 e. The van der Waals surface area contributed by atoms with Gasteiger partial charge in [-0.25, -0.2) is 0 Å². The molecular formula is C21H17ClN4S. The molecule has 0 fully saturated rings. The summed E-state index contributed by atoms with van der Waals surface area (Å²) in [6, 6.07) is 22.1. The van der Waals surface area contributed by atoms with E-state index >= 15 is 0 Å².